The number of amides is 1. The zero-order chi connectivity index (χ0) is 18.7. The van der Waals surface area contributed by atoms with Gasteiger partial charge < -0.3 is 5.32 Å². The molecule has 0 aliphatic heterocycles. The van der Waals surface area contributed by atoms with Crippen LogP contribution in [0.4, 0.5) is 14.5 Å². The monoisotopic (exact) mass is 375 g/mol. The quantitative estimate of drug-likeness (QED) is 0.759. The molecule has 8 heteroatoms. The molecule has 0 bridgehead atoms. The predicted molar refractivity (Wildman–Crippen MR) is 93.9 cm³/mol. The Morgan fingerprint density at radius 2 is 1.85 bits per heavy atom. The first kappa shape index (κ1) is 17.8. The summed E-state index contributed by atoms with van der Waals surface area (Å²) < 4.78 is 27.7. The third-order valence-corrected chi connectivity index (χ3v) is 3.79. The van der Waals surface area contributed by atoms with Crippen LogP contribution in [0.25, 0.3) is 11.3 Å². The van der Waals surface area contributed by atoms with Crippen LogP contribution in [0.15, 0.2) is 59.7 Å². The van der Waals surface area contributed by atoms with Gasteiger partial charge in [-0.25, -0.2) is 13.8 Å². The second kappa shape index (κ2) is 7.45. The Morgan fingerprint density at radius 1 is 1.12 bits per heavy atom. The van der Waals surface area contributed by atoms with E-state index in [-0.39, 0.29) is 12.2 Å². The summed E-state index contributed by atoms with van der Waals surface area (Å²) in [7, 11) is 0. The number of nitrogens with zero attached hydrogens (tertiary/aromatic N) is 2. The molecule has 0 saturated carbocycles. The summed E-state index contributed by atoms with van der Waals surface area (Å²) in [5, 5.41) is 2.78. The molecule has 3 aromatic rings. The molecule has 0 atom stereocenters. The van der Waals surface area contributed by atoms with E-state index in [1.165, 1.54) is 12.4 Å². The second-order valence-electron chi connectivity index (χ2n) is 5.42. The van der Waals surface area contributed by atoms with Crippen molar-refractivity contribution in [3.8, 4) is 11.3 Å². The number of nitrogens with one attached hydrogen (secondary N) is 1. The fourth-order valence-corrected chi connectivity index (χ4v) is 2.39. The molecule has 1 N–H and O–H groups in total. The van der Waals surface area contributed by atoms with Crippen molar-refractivity contribution < 1.29 is 13.6 Å². The lowest BCUT2D eigenvalue weighted by Gasteiger charge is -2.09. The van der Waals surface area contributed by atoms with E-state index < -0.39 is 23.1 Å². The van der Waals surface area contributed by atoms with Crippen molar-refractivity contribution in [2.75, 3.05) is 5.32 Å². The number of carbonyl (C=O) groups is 1. The highest BCUT2D eigenvalue weighted by atomic mass is 35.5. The molecule has 0 saturated heterocycles. The SMILES string of the molecule is O=C(Cn1cnc(-c2ccc(Cl)cc2)cc1=O)Nc1cc(F)ccc1F. The van der Waals surface area contributed by atoms with Gasteiger partial charge in [-0.3, -0.25) is 14.2 Å². The topological polar surface area (TPSA) is 64.0 Å². The normalized spacial score (nSPS) is 10.6. The largest absolute Gasteiger partial charge is 0.322 e. The molecule has 1 amide bonds. The van der Waals surface area contributed by atoms with Gasteiger partial charge in [-0.1, -0.05) is 23.7 Å². The summed E-state index contributed by atoms with van der Waals surface area (Å²) in [6.07, 6.45) is 1.22. The smallest absolute Gasteiger partial charge is 0.254 e. The molecule has 2 aromatic carbocycles. The number of rotatable bonds is 4. The Morgan fingerprint density at radius 3 is 2.54 bits per heavy atom. The van der Waals surface area contributed by atoms with E-state index in [4.69, 9.17) is 11.6 Å². The van der Waals surface area contributed by atoms with Gasteiger partial charge in [0, 0.05) is 22.7 Å². The van der Waals surface area contributed by atoms with Gasteiger partial charge in [-0.2, -0.15) is 0 Å². The Kier molecular flexibility index (Phi) is 5.09. The minimum absolute atomic E-state index is 0.297. The van der Waals surface area contributed by atoms with E-state index in [0.29, 0.717) is 16.3 Å². The number of anilines is 1. The summed E-state index contributed by atoms with van der Waals surface area (Å²) in [6.45, 7) is -0.386. The number of hydrogen-bond acceptors (Lipinski definition) is 3. The van der Waals surface area contributed by atoms with Gasteiger partial charge in [0.2, 0.25) is 5.91 Å². The molecule has 1 heterocycles. The molecular formula is C18H12ClF2N3O2. The summed E-state index contributed by atoms with van der Waals surface area (Å²) in [5.74, 6) is -2.14. The highest BCUT2D eigenvalue weighted by Crippen LogP contribution is 2.18. The Bertz CT molecular complexity index is 1020. The van der Waals surface area contributed by atoms with Crippen LogP contribution in [0.5, 0.6) is 0 Å². The first-order valence-electron chi connectivity index (χ1n) is 7.50. The lowest BCUT2D eigenvalue weighted by molar-refractivity contribution is -0.116. The number of carbonyl (C=O) groups excluding carboxylic acids is 1. The third kappa shape index (κ3) is 4.12. The van der Waals surface area contributed by atoms with Gasteiger partial charge in [0.25, 0.3) is 5.56 Å². The van der Waals surface area contributed by atoms with Crippen LogP contribution in [0.3, 0.4) is 0 Å². The molecule has 0 aliphatic rings. The van der Waals surface area contributed by atoms with Crippen LogP contribution in [-0.2, 0) is 11.3 Å². The molecule has 0 aliphatic carbocycles. The maximum Gasteiger partial charge on any atom is 0.254 e. The summed E-state index contributed by atoms with van der Waals surface area (Å²) in [6, 6.07) is 10.8. The van der Waals surface area contributed by atoms with Crippen molar-refractivity contribution in [3.05, 3.63) is 81.9 Å². The lowest BCUT2D eigenvalue weighted by Crippen LogP contribution is -2.27. The minimum Gasteiger partial charge on any atom is -0.322 e. The average molecular weight is 376 g/mol. The van der Waals surface area contributed by atoms with E-state index in [1.807, 2.05) is 0 Å². The summed E-state index contributed by atoms with van der Waals surface area (Å²) >= 11 is 5.82. The number of benzene rings is 2. The van der Waals surface area contributed by atoms with Crippen molar-refractivity contribution in [1.82, 2.24) is 9.55 Å². The second-order valence-corrected chi connectivity index (χ2v) is 5.86. The summed E-state index contributed by atoms with van der Waals surface area (Å²) in [4.78, 5) is 28.3. The van der Waals surface area contributed by atoms with Gasteiger partial charge >= 0.3 is 0 Å². The van der Waals surface area contributed by atoms with Crippen molar-refractivity contribution in [1.29, 1.82) is 0 Å². The Balaban J connectivity index is 1.75. The van der Waals surface area contributed by atoms with Crippen LogP contribution in [0.2, 0.25) is 5.02 Å². The molecule has 1 aromatic heterocycles. The first-order valence-corrected chi connectivity index (χ1v) is 7.87. The fourth-order valence-electron chi connectivity index (χ4n) is 2.26. The number of aromatic nitrogens is 2. The van der Waals surface area contributed by atoms with Crippen LogP contribution < -0.4 is 10.9 Å². The third-order valence-electron chi connectivity index (χ3n) is 3.54. The van der Waals surface area contributed by atoms with E-state index in [0.717, 1.165) is 22.8 Å². The Hall–Kier alpha value is -3.06. The van der Waals surface area contributed by atoms with Crippen molar-refractivity contribution in [2.24, 2.45) is 0 Å². The van der Waals surface area contributed by atoms with Crippen LogP contribution in [0, 0.1) is 11.6 Å². The lowest BCUT2D eigenvalue weighted by atomic mass is 10.1. The maximum absolute atomic E-state index is 13.5. The van der Waals surface area contributed by atoms with E-state index in [2.05, 4.69) is 10.3 Å². The van der Waals surface area contributed by atoms with Gasteiger partial charge in [-0.05, 0) is 24.3 Å². The maximum atomic E-state index is 13.5. The Labute approximate surface area is 151 Å². The molecular weight excluding hydrogens is 364 g/mol. The fraction of sp³-hybridized carbons (Fsp3) is 0.0556. The number of halogens is 3. The molecule has 0 radical (unpaired) electrons. The average Bonchev–Trinajstić information content (AvgIpc) is 2.60. The summed E-state index contributed by atoms with van der Waals surface area (Å²) in [5.41, 5.74) is 0.373. The van der Waals surface area contributed by atoms with Gasteiger partial charge in [-0.15, -0.1) is 0 Å². The highest BCUT2D eigenvalue weighted by molar-refractivity contribution is 6.30. The highest BCUT2D eigenvalue weighted by Gasteiger charge is 2.11. The standard InChI is InChI=1S/C18H12ClF2N3O2/c19-12-3-1-11(2-4-12)15-8-18(26)24(10-22-15)9-17(25)23-16-7-13(20)5-6-14(16)21/h1-8,10H,9H2,(H,23,25). The molecule has 0 fully saturated rings. The van der Waals surface area contributed by atoms with E-state index in [9.17, 15) is 18.4 Å². The minimum atomic E-state index is -0.775. The van der Waals surface area contributed by atoms with Gasteiger partial charge in [0.05, 0.1) is 17.7 Å². The first-order chi connectivity index (χ1) is 12.4. The zero-order valence-electron chi connectivity index (χ0n) is 13.2. The van der Waals surface area contributed by atoms with Crippen molar-refractivity contribution in [3.63, 3.8) is 0 Å². The zero-order valence-corrected chi connectivity index (χ0v) is 14.0. The molecule has 5 nitrogen and oxygen atoms in total. The van der Waals surface area contributed by atoms with Crippen LogP contribution in [-0.4, -0.2) is 15.5 Å². The molecule has 3 rings (SSSR count). The van der Waals surface area contributed by atoms with Crippen LogP contribution in [0.1, 0.15) is 0 Å². The van der Waals surface area contributed by atoms with E-state index in [1.54, 1.807) is 24.3 Å². The molecule has 0 unspecified atom stereocenters. The van der Waals surface area contributed by atoms with E-state index >= 15 is 0 Å². The van der Waals surface area contributed by atoms with Gasteiger partial charge in [0.1, 0.15) is 18.2 Å². The van der Waals surface area contributed by atoms with Crippen LogP contribution >= 0.6 is 11.6 Å². The predicted octanol–water partition coefficient (Wildman–Crippen LogP) is 3.48. The number of hydrogen-bond donors (Lipinski definition) is 1. The van der Waals surface area contributed by atoms with Crippen molar-refractivity contribution in [2.45, 2.75) is 6.54 Å². The molecule has 132 valence electrons. The van der Waals surface area contributed by atoms with Gasteiger partial charge in [0.15, 0.2) is 0 Å². The molecule has 0 spiro atoms. The molecule has 26 heavy (non-hydrogen) atoms. The van der Waals surface area contributed by atoms with Crippen molar-refractivity contribution >= 4 is 23.2 Å².